The fourth-order valence-corrected chi connectivity index (χ4v) is 3.24. The summed E-state index contributed by atoms with van der Waals surface area (Å²) in [7, 11) is -3.72. The van der Waals surface area contributed by atoms with Crippen molar-refractivity contribution in [2.75, 3.05) is 0 Å². The van der Waals surface area contributed by atoms with Crippen molar-refractivity contribution in [2.24, 2.45) is 5.14 Å². The molecule has 2 atom stereocenters. The average molecular weight is 375 g/mol. The summed E-state index contributed by atoms with van der Waals surface area (Å²) in [6, 6.07) is 15.4. The molecule has 2 rings (SSSR count). The van der Waals surface area contributed by atoms with Crippen LogP contribution in [0.15, 0.2) is 59.5 Å². The highest BCUT2D eigenvalue weighted by molar-refractivity contribution is 7.89. The maximum Gasteiger partial charge on any atom is 0.315 e. The van der Waals surface area contributed by atoms with E-state index < -0.39 is 10.0 Å². The van der Waals surface area contributed by atoms with Crippen molar-refractivity contribution in [3.8, 4) is 0 Å². The van der Waals surface area contributed by atoms with Crippen LogP contribution in [-0.2, 0) is 10.0 Å². The lowest BCUT2D eigenvalue weighted by atomic mass is 10.0. The van der Waals surface area contributed by atoms with Gasteiger partial charge in [-0.25, -0.2) is 18.4 Å². The van der Waals surface area contributed by atoms with E-state index in [0.29, 0.717) is 0 Å². The van der Waals surface area contributed by atoms with Gasteiger partial charge in [-0.1, -0.05) is 55.8 Å². The first-order valence-corrected chi connectivity index (χ1v) is 10.1. The highest BCUT2D eigenvalue weighted by Gasteiger charge is 2.16. The Hall–Kier alpha value is -2.38. The molecule has 0 aromatic heterocycles. The van der Waals surface area contributed by atoms with Gasteiger partial charge in [-0.05, 0) is 36.6 Å². The zero-order valence-electron chi connectivity index (χ0n) is 15.0. The molecule has 0 radical (unpaired) electrons. The minimum absolute atomic E-state index is 0.0463. The van der Waals surface area contributed by atoms with E-state index in [1.807, 2.05) is 37.3 Å². The van der Waals surface area contributed by atoms with Crippen LogP contribution in [0.3, 0.4) is 0 Å². The average Bonchev–Trinajstić information content (AvgIpc) is 2.61. The molecule has 26 heavy (non-hydrogen) atoms. The van der Waals surface area contributed by atoms with Crippen LogP contribution in [0.25, 0.3) is 0 Å². The van der Waals surface area contributed by atoms with Gasteiger partial charge in [0.05, 0.1) is 17.0 Å². The van der Waals surface area contributed by atoms with E-state index in [9.17, 15) is 13.2 Å². The predicted octanol–water partition coefficient (Wildman–Crippen LogP) is 3.24. The summed E-state index contributed by atoms with van der Waals surface area (Å²) in [6.45, 7) is 3.91. The Morgan fingerprint density at radius 2 is 1.62 bits per heavy atom. The minimum Gasteiger partial charge on any atom is -0.332 e. The molecular formula is C19H25N3O3S. The van der Waals surface area contributed by atoms with Gasteiger partial charge in [-0.2, -0.15) is 0 Å². The van der Waals surface area contributed by atoms with Crippen molar-refractivity contribution in [1.29, 1.82) is 0 Å². The Bertz CT molecular complexity index is 821. The van der Waals surface area contributed by atoms with Gasteiger partial charge in [0.1, 0.15) is 0 Å². The molecule has 0 bridgehead atoms. The van der Waals surface area contributed by atoms with Gasteiger partial charge in [0.2, 0.25) is 10.0 Å². The molecule has 0 fully saturated rings. The third-order valence-corrected chi connectivity index (χ3v) is 5.07. The number of amides is 2. The second-order valence-corrected chi connectivity index (χ2v) is 7.77. The van der Waals surface area contributed by atoms with Crippen molar-refractivity contribution < 1.29 is 13.2 Å². The molecule has 2 unspecified atom stereocenters. The molecular weight excluding hydrogens is 350 g/mol. The van der Waals surface area contributed by atoms with Crippen LogP contribution < -0.4 is 15.8 Å². The molecule has 6 nitrogen and oxygen atoms in total. The second-order valence-electron chi connectivity index (χ2n) is 6.21. The lowest BCUT2D eigenvalue weighted by Crippen LogP contribution is -2.39. The van der Waals surface area contributed by atoms with Gasteiger partial charge in [0.15, 0.2) is 0 Å². The first-order chi connectivity index (χ1) is 12.3. The van der Waals surface area contributed by atoms with E-state index in [2.05, 4.69) is 17.6 Å². The van der Waals surface area contributed by atoms with E-state index in [4.69, 9.17) is 5.14 Å². The number of rotatable bonds is 7. The van der Waals surface area contributed by atoms with Crippen LogP contribution >= 0.6 is 0 Å². The number of hydrogen-bond donors (Lipinski definition) is 3. The number of carbonyl (C=O) groups excluding carboxylic acids is 1. The molecule has 0 saturated heterocycles. The molecule has 0 spiro atoms. The van der Waals surface area contributed by atoms with Crippen LogP contribution in [0.1, 0.15) is 49.9 Å². The Morgan fingerprint density at radius 1 is 1.00 bits per heavy atom. The summed E-state index contributed by atoms with van der Waals surface area (Å²) >= 11 is 0. The first kappa shape index (κ1) is 19.9. The van der Waals surface area contributed by atoms with Crippen LogP contribution in [0.4, 0.5) is 4.79 Å². The number of urea groups is 1. The van der Waals surface area contributed by atoms with Gasteiger partial charge in [-0.3, -0.25) is 0 Å². The van der Waals surface area contributed by atoms with Crippen LogP contribution in [-0.4, -0.2) is 14.4 Å². The number of sulfonamides is 1. The van der Waals surface area contributed by atoms with Gasteiger partial charge in [-0.15, -0.1) is 0 Å². The molecule has 4 N–H and O–H groups in total. The minimum atomic E-state index is -3.72. The van der Waals surface area contributed by atoms with Gasteiger partial charge < -0.3 is 10.6 Å². The molecule has 2 amide bonds. The number of primary sulfonamides is 1. The highest BCUT2D eigenvalue weighted by Crippen LogP contribution is 2.19. The SMILES string of the molecule is CCCC(NC(=O)NC(C)c1ccc(S(N)(=O)=O)cc1)c1ccccc1. The molecule has 2 aromatic rings. The first-order valence-electron chi connectivity index (χ1n) is 8.56. The van der Waals surface area contributed by atoms with Crippen LogP contribution in [0, 0.1) is 0 Å². The molecule has 0 saturated carbocycles. The molecule has 0 aliphatic heterocycles. The summed E-state index contributed by atoms with van der Waals surface area (Å²) in [4.78, 5) is 12.4. The van der Waals surface area contributed by atoms with E-state index in [0.717, 1.165) is 24.0 Å². The third-order valence-electron chi connectivity index (χ3n) is 4.14. The Labute approximate surface area is 154 Å². The van der Waals surface area contributed by atoms with E-state index in [1.54, 1.807) is 12.1 Å². The summed E-state index contributed by atoms with van der Waals surface area (Å²) < 4.78 is 22.6. The molecule has 0 aliphatic rings. The Morgan fingerprint density at radius 3 is 2.15 bits per heavy atom. The van der Waals surface area contributed by atoms with Crippen molar-refractivity contribution in [2.45, 2.75) is 43.7 Å². The lowest BCUT2D eigenvalue weighted by molar-refractivity contribution is 0.233. The fourth-order valence-electron chi connectivity index (χ4n) is 2.72. The Kier molecular flexibility index (Phi) is 6.76. The summed E-state index contributed by atoms with van der Waals surface area (Å²) in [5.41, 5.74) is 1.86. The van der Waals surface area contributed by atoms with Crippen molar-refractivity contribution in [3.05, 3.63) is 65.7 Å². The smallest absolute Gasteiger partial charge is 0.315 e. The summed E-state index contributed by atoms with van der Waals surface area (Å²) in [5.74, 6) is 0. The van der Waals surface area contributed by atoms with Gasteiger partial charge >= 0.3 is 6.03 Å². The normalized spacial score (nSPS) is 13.7. The molecule has 7 heteroatoms. The molecule has 2 aromatic carbocycles. The predicted molar refractivity (Wildman–Crippen MR) is 102 cm³/mol. The van der Waals surface area contributed by atoms with E-state index in [-0.39, 0.29) is 23.0 Å². The Balaban J connectivity index is 2.01. The van der Waals surface area contributed by atoms with Gasteiger partial charge in [0.25, 0.3) is 0 Å². The van der Waals surface area contributed by atoms with Crippen molar-refractivity contribution in [3.63, 3.8) is 0 Å². The third kappa shape index (κ3) is 5.57. The highest BCUT2D eigenvalue weighted by atomic mass is 32.2. The van der Waals surface area contributed by atoms with E-state index >= 15 is 0 Å². The largest absolute Gasteiger partial charge is 0.332 e. The zero-order chi connectivity index (χ0) is 19.2. The zero-order valence-corrected chi connectivity index (χ0v) is 15.8. The summed E-state index contributed by atoms with van der Waals surface area (Å²) in [6.07, 6.45) is 1.79. The molecule has 0 heterocycles. The maximum absolute atomic E-state index is 12.4. The monoisotopic (exact) mass is 375 g/mol. The standard InChI is InChI=1S/C19H25N3O3S/c1-3-7-18(16-8-5-4-6-9-16)22-19(23)21-14(2)15-10-12-17(13-11-15)26(20,24)25/h4-6,8-14,18H,3,7H2,1-2H3,(H2,20,24,25)(H2,21,22,23). The lowest BCUT2D eigenvalue weighted by Gasteiger charge is -2.21. The van der Waals surface area contributed by atoms with Crippen LogP contribution in [0.2, 0.25) is 0 Å². The maximum atomic E-state index is 12.4. The number of nitrogens with two attached hydrogens (primary N) is 1. The number of carbonyl (C=O) groups is 1. The van der Waals surface area contributed by atoms with E-state index in [1.165, 1.54) is 12.1 Å². The second kappa shape index (κ2) is 8.82. The molecule has 140 valence electrons. The number of benzene rings is 2. The molecule has 0 aliphatic carbocycles. The van der Waals surface area contributed by atoms with Crippen molar-refractivity contribution >= 4 is 16.1 Å². The van der Waals surface area contributed by atoms with Crippen LogP contribution in [0.5, 0.6) is 0 Å². The van der Waals surface area contributed by atoms with Gasteiger partial charge in [0, 0.05) is 0 Å². The number of hydrogen-bond acceptors (Lipinski definition) is 3. The number of nitrogens with one attached hydrogen (secondary N) is 2. The van der Waals surface area contributed by atoms with Crippen molar-refractivity contribution in [1.82, 2.24) is 10.6 Å². The topological polar surface area (TPSA) is 101 Å². The summed E-state index contributed by atoms with van der Waals surface area (Å²) in [5, 5.41) is 11.0. The fraction of sp³-hybridized carbons (Fsp3) is 0.316. The quantitative estimate of drug-likeness (QED) is 0.692.